The predicted molar refractivity (Wildman–Crippen MR) is 56.5 cm³/mol. The number of nitro groups is 1. The summed E-state index contributed by atoms with van der Waals surface area (Å²) in [6.07, 6.45) is -2.09. The van der Waals surface area contributed by atoms with Gasteiger partial charge in [0.25, 0.3) is 6.43 Å². The summed E-state index contributed by atoms with van der Waals surface area (Å²) in [6.45, 7) is 2.68. The maximum Gasteiger partial charge on any atom is 0.378 e. The number of hydrogen-bond donors (Lipinski definition) is 0. The summed E-state index contributed by atoms with van der Waals surface area (Å²) in [5.74, 6) is -2.09. The second-order valence-corrected chi connectivity index (χ2v) is 3.33. The van der Waals surface area contributed by atoms with E-state index in [1.807, 2.05) is 0 Å². The minimum absolute atomic E-state index is 0.00125. The van der Waals surface area contributed by atoms with Crippen molar-refractivity contribution >= 4 is 11.8 Å². The largest absolute Gasteiger partial charge is 0.462 e. The van der Waals surface area contributed by atoms with E-state index in [-0.39, 0.29) is 12.2 Å². The lowest BCUT2D eigenvalue weighted by Crippen LogP contribution is -2.14. The SMILES string of the molecule is CCOC(=O)c1c([N+](=O)[O-])ncc(C)c1C(F)F. The Morgan fingerprint density at radius 3 is 2.67 bits per heavy atom. The van der Waals surface area contributed by atoms with Gasteiger partial charge in [0.15, 0.2) is 5.56 Å². The van der Waals surface area contributed by atoms with Gasteiger partial charge in [-0.1, -0.05) is 0 Å². The summed E-state index contributed by atoms with van der Waals surface area (Å²) < 4.78 is 30.3. The van der Waals surface area contributed by atoms with E-state index < -0.39 is 34.3 Å². The van der Waals surface area contributed by atoms with Crippen LogP contribution in [0.25, 0.3) is 0 Å². The Kier molecular flexibility index (Phi) is 4.24. The smallest absolute Gasteiger partial charge is 0.378 e. The van der Waals surface area contributed by atoms with Gasteiger partial charge >= 0.3 is 11.8 Å². The maximum atomic E-state index is 12.9. The first-order chi connectivity index (χ1) is 8.40. The monoisotopic (exact) mass is 260 g/mol. The van der Waals surface area contributed by atoms with Crippen molar-refractivity contribution in [3.8, 4) is 0 Å². The molecule has 0 radical (unpaired) electrons. The molecule has 0 aliphatic heterocycles. The molecule has 0 bridgehead atoms. The van der Waals surface area contributed by atoms with Crippen LogP contribution in [0.5, 0.6) is 0 Å². The van der Waals surface area contributed by atoms with Crippen molar-refractivity contribution in [3.63, 3.8) is 0 Å². The Morgan fingerprint density at radius 1 is 1.61 bits per heavy atom. The van der Waals surface area contributed by atoms with Crippen LogP contribution in [0.15, 0.2) is 6.20 Å². The van der Waals surface area contributed by atoms with Crippen molar-refractivity contribution in [2.24, 2.45) is 0 Å². The number of aromatic nitrogens is 1. The Hall–Kier alpha value is -2.12. The molecule has 0 spiro atoms. The van der Waals surface area contributed by atoms with Gasteiger partial charge in [0.2, 0.25) is 0 Å². The third-order valence-electron chi connectivity index (χ3n) is 2.17. The highest BCUT2D eigenvalue weighted by molar-refractivity contribution is 5.95. The topological polar surface area (TPSA) is 82.3 Å². The molecule has 0 unspecified atom stereocenters. The van der Waals surface area contributed by atoms with E-state index in [0.29, 0.717) is 0 Å². The van der Waals surface area contributed by atoms with Crippen molar-refractivity contribution in [2.75, 3.05) is 6.61 Å². The number of carbonyl (C=O) groups is 1. The molecular weight excluding hydrogens is 250 g/mol. The zero-order valence-corrected chi connectivity index (χ0v) is 9.65. The van der Waals surface area contributed by atoms with Gasteiger partial charge in [0.1, 0.15) is 6.20 Å². The molecule has 0 saturated carbocycles. The van der Waals surface area contributed by atoms with E-state index in [0.717, 1.165) is 6.20 Å². The van der Waals surface area contributed by atoms with E-state index in [1.54, 1.807) is 0 Å². The van der Waals surface area contributed by atoms with E-state index in [1.165, 1.54) is 13.8 Å². The van der Waals surface area contributed by atoms with Crippen LogP contribution >= 0.6 is 0 Å². The standard InChI is InChI=1S/C10H10F2N2O4/c1-3-18-10(15)7-6(8(11)12)5(2)4-13-9(7)14(16)17/h4,8H,3H2,1-2H3. The van der Waals surface area contributed by atoms with Gasteiger partial charge < -0.3 is 14.9 Å². The number of pyridine rings is 1. The number of ether oxygens (including phenoxy) is 1. The highest BCUT2D eigenvalue weighted by atomic mass is 19.3. The maximum absolute atomic E-state index is 12.9. The van der Waals surface area contributed by atoms with Crippen LogP contribution in [0.2, 0.25) is 0 Å². The Balaban J connectivity index is 3.53. The molecule has 6 nitrogen and oxygen atoms in total. The van der Waals surface area contributed by atoms with E-state index >= 15 is 0 Å². The van der Waals surface area contributed by atoms with Crippen molar-refractivity contribution in [1.29, 1.82) is 0 Å². The van der Waals surface area contributed by atoms with Gasteiger partial charge in [-0.3, -0.25) is 0 Å². The third-order valence-corrected chi connectivity index (χ3v) is 2.17. The highest BCUT2D eigenvalue weighted by Crippen LogP contribution is 2.31. The van der Waals surface area contributed by atoms with Crippen molar-refractivity contribution < 1.29 is 23.2 Å². The average Bonchev–Trinajstić information content (AvgIpc) is 2.27. The van der Waals surface area contributed by atoms with Crippen LogP contribution in [0.4, 0.5) is 14.6 Å². The number of hydrogen-bond acceptors (Lipinski definition) is 5. The molecule has 0 N–H and O–H groups in total. The molecule has 8 heteroatoms. The summed E-state index contributed by atoms with van der Waals surface area (Å²) in [6, 6.07) is 0. The molecule has 18 heavy (non-hydrogen) atoms. The summed E-state index contributed by atoms with van der Waals surface area (Å²) in [5, 5.41) is 10.7. The van der Waals surface area contributed by atoms with Crippen LogP contribution < -0.4 is 0 Å². The first kappa shape index (κ1) is 13.9. The molecule has 1 rings (SSSR count). The quantitative estimate of drug-likeness (QED) is 0.471. The second kappa shape index (κ2) is 5.48. The molecule has 0 aromatic carbocycles. The molecular formula is C10H10F2N2O4. The van der Waals surface area contributed by atoms with Gasteiger partial charge in [-0.25, -0.2) is 13.6 Å². The zero-order valence-electron chi connectivity index (χ0n) is 9.65. The molecule has 1 aromatic heterocycles. The van der Waals surface area contributed by atoms with Crippen molar-refractivity contribution in [2.45, 2.75) is 20.3 Å². The summed E-state index contributed by atoms with van der Waals surface area (Å²) in [5.41, 5.74) is -1.49. The highest BCUT2D eigenvalue weighted by Gasteiger charge is 2.32. The van der Waals surface area contributed by atoms with Crippen LogP contribution in [0.1, 0.15) is 34.8 Å². The molecule has 0 fully saturated rings. The van der Waals surface area contributed by atoms with Gasteiger partial charge in [-0.15, -0.1) is 0 Å². The third kappa shape index (κ3) is 2.58. The van der Waals surface area contributed by atoms with E-state index in [4.69, 9.17) is 0 Å². The molecule has 0 aliphatic rings. The Morgan fingerprint density at radius 2 is 2.22 bits per heavy atom. The lowest BCUT2D eigenvalue weighted by atomic mass is 10.0. The summed E-state index contributed by atoms with van der Waals surface area (Å²) in [7, 11) is 0. The first-order valence-electron chi connectivity index (χ1n) is 4.99. The molecule has 0 atom stereocenters. The Bertz CT molecular complexity index is 491. The number of alkyl halides is 2. The van der Waals surface area contributed by atoms with Crippen LogP contribution in [-0.4, -0.2) is 22.5 Å². The lowest BCUT2D eigenvalue weighted by Gasteiger charge is -2.09. The van der Waals surface area contributed by atoms with E-state index in [2.05, 4.69) is 9.72 Å². The van der Waals surface area contributed by atoms with Crippen LogP contribution in [-0.2, 0) is 4.74 Å². The minimum Gasteiger partial charge on any atom is -0.462 e. The van der Waals surface area contributed by atoms with Gasteiger partial charge in [0.05, 0.1) is 6.61 Å². The second-order valence-electron chi connectivity index (χ2n) is 3.33. The number of aryl methyl sites for hydroxylation is 1. The van der Waals surface area contributed by atoms with Gasteiger partial charge in [0, 0.05) is 11.1 Å². The fourth-order valence-corrected chi connectivity index (χ4v) is 1.43. The van der Waals surface area contributed by atoms with Crippen molar-refractivity contribution in [3.05, 3.63) is 33.0 Å². The fourth-order valence-electron chi connectivity index (χ4n) is 1.43. The van der Waals surface area contributed by atoms with Crippen molar-refractivity contribution in [1.82, 2.24) is 4.98 Å². The predicted octanol–water partition coefficient (Wildman–Crippen LogP) is 2.41. The van der Waals surface area contributed by atoms with E-state index in [9.17, 15) is 23.7 Å². The molecule has 0 aliphatic carbocycles. The molecule has 1 heterocycles. The van der Waals surface area contributed by atoms with Gasteiger partial charge in [-0.2, -0.15) is 0 Å². The number of nitrogens with zero attached hydrogens (tertiary/aromatic N) is 2. The molecule has 1 aromatic rings. The molecule has 0 saturated heterocycles. The minimum atomic E-state index is -3.02. The van der Waals surface area contributed by atoms with Crippen LogP contribution in [0, 0.1) is 17.0 Å². The number of rotatable bonds is 4. The molecule has 0 amide bonds. The summed E-state index contributed by atoms with van der Waals surface area (Å²) in [4.78, 5) is 24.7. The van der Waals surface area contributed by atoms with Gasteiger partial charge in [-0.05, 0) is 23.8 Å². The number of carbonyl (C=O) groups excluding carboxylic acids is 1. The average molecular weight is 260 g/mol. The normalized spacial score (nSPS) is 10.5. The number of halogens is 2. The molecule has 98 valence electrons. The summed E-state index contributed by atoms with van der Waals surface area (Å²) >= 11 is 0. The van der Waals surface area contributed by atoms with Crippen LogP contribution in [0.3, 0.4) is 0 Å². The Labute approximate surface area is 101 Å². The zero-order chi connectivity index (χ0) is 13.9. The lowest BCUT2D eigenvalue weighted by molar-refractivity contribution is -0.390. The number of esters is 1. The fraction of sp³-hybridized carbons (Fsp3) is 0.400. The first-order valence-corrected chi connectivity index (χ1v) is 4.99.